The number of likely N-dealkylation sites (tertiary alicyclic amines) is 1. The zero-order chi connectivity index (χ0) is 15.6. The van der Waals surface area contributed by atoms with Crippen molar-refractivity contribution in [1.29, 1.82) is 0 Å². The fraction of sp³-hybridized carbons (Fsp3) is 0.538. The highest BCUT2D eigenvalue weighted by Gasteiger charge is 2.28. The second kappa shape index (κ2) is 6.68. The zero-order valence-electron chi connectivity index (χ0n) is 11.7. The van der Waals surface area contributed by atoms with Crippen molar-refractivity contribution in [3.63, 3.8) is 0 Å². The molecule has 8 heteroatoms. The predicted octanol–water partition coefficient (Wildman–Crippen LogP) is 2.44. The summed E-state index contributed by atoms with van der Waals surface area (Å²) in [5.41, 5.74) is 0. The molecule has 0 amide bonds. The zero-order valence-corrected chi connectivity index (χ0v) is 14.1. The van der Waals surface area contributed by atoms with Crippen molar-refractivity contribution in [1.82, 2.24) is 9.21 Å². The van der Waals surface area contributed by atoms with Gasteiger partial charge in [0.25, 0.3) is 0 Å². The van der Waals surface area contributed by atoms with Crippen LogP contribution < -0.4 is 0 Å². The normalized spacial score (nSPS) is 16.8. The Bertz CT molecular complexity index is 596. The SMILES string of the molecule is CN(CCN1CCCC1)S(=O)(=O)c1c(F)cc(F)cc1Br. The first kappa shape index (κ1) is 16.8. The average Bonchev–Trinajstić information content (AvgIpc) is 2.87. The molecule has 1 aliphatic rings. The van der Waals surface area contributed by atoms with E-state index in [0.29, 0.717) is 12.6 Å². The number of hydrogen-bond acceptors (Lipinski definition) is 3. The Labute approximate surface area is 131 Å². The molecule has 1 aromatic rings. The molecular weight excluding hydrogens is 366 g/mol. The van der Waals surface area contributed by atoms with E-state index in [4.69, 9.17) is 0 Å². The third kappa shape index (κ3) is 3.80. The first-order valence-corrected chi connectivity index (χ1v) is 8.89. The third-order valence-corrected chi connectivity index (χ3v) is 6.38. The van der Waals surface area contributed by atoms with Gasteiger partial charge in [0.15, 0.2) is 0 Å². The quantitative estimate of drug-likeness (QED) is 0.785. The summed E-state index contributed by atoms with van der Waals surface area (Å²) in [7, 11) is -2.59. The summed E-state index contributed by atoms with van der Waals surface area (Å²) in [5.74, 6) is -1.91. The van der Waals surface area contributed by atoms with E-state index in [1.54, 1.807) is 0 Å². The summed E-state index contributed by atoms with van der Waals surface area (Å²) < 4.78 is 52.7. The molecule has 21 heavy (non-hydrogen) atoms. The van der Waals surface area contributed by atoms with Crippen LogP contribution in [0.2, 0.25) is 0 Å². The van der Waals surface area contributed by atoms with E-state index in [1.165, 1.54) is 7.05 Å². The van der Waals surface area contributed by atoms with Gasteiger partial charge in [-0.15, -0.1) is 0 Å². The lowest BCUT2D eigenvalue weighted by atomic mass is 10.3. The first-order valence-electron chi connectivity index (χ1n) is 6.65. The molecule has 0 unspecified atom stereocenters. The van der Waals surface area contributed by atoms with Gasteiger partial charge in [-0.3, -0.25) is 0 Å². The van der Waals surface area contributed by atoms with Gasteiger partial charge in [-0.2, -0.15) is 4.31 Å². The second-order valence-electron chi connectivity index (χ2n) is 5.07. The van der Waals surface area contributed by atoms with Crippen molar-refractivity contribution in [2.45, 2.75) is 17.7 Å². The molecular formula is C13H17BrF2N2O2S. The molecule has 4 nitrogen and oxygen atoms in total. The lowest BCUT2D eigenvalue weighted by Crippen LogP contribution is -2.35. The summed E-state index contributed by atoms with van der Waals surface area (Å²) in [6.45, 7) is 2.80. The fourth-order valence-corrected chi connectivity index (χ4v) is 4.61. The molecule has 0 N–H and O–H groups in total. The number of rotatable bonds is 5. The Kier molecular flexibility index (Phi) is 5.34. The predicted molar refractivity (Wildman–Crippen MR) is 79.5 cm³/mol. The standard InChI is InChI=1S/C13H17BrF2N2O2S/c1-17(6-7-18-4-2-3-5-18)21(19,20)13-11(14)8-10(15)9-12(13)16/h8-9H,2-7H2,1H3. The number of halogens is 3. The molecule has 2 rings (SSSR count). The second-order valence-corrected chi connectivity index (χ2v) is 7.91. The monoisotopic (exact) mass is 382 g/mol. The summed E-state index contributed by atoms with van der Waals surface area (Å²) in [4.78, 5) is 1.65. The van der Waals surface area contributed by atoms with Crippen molar-refractivity contribution >= 4 is 26.0 Å². The van der Waals surface area contributed by atoms with E-state index in [0.717, 1.165) is 36.3 Å². The highest BCUT2D eigenvalue weighted by atomic mass is 79.9. The molecule has 0 bridgehead atoms. The van der Waals surface area contributed by atoms with Gasteiger partial charge in [0.1, 0.15) is 16.5 Å². The van der Waals surface area contributed by atoms with Crippen LogP contribution in [0.15, 0.2) is 21.5 Å². The maximum atomic E-state index is 13.8. The Hall–Kier alpha value is -0.570. The molecule has 1 heterocycles. The van der Waals surface area contributed by atoms with Gasteiger partial charge in [0, 0.05) is 30.7 Å². The van der Waals surface area contributed by atoms with E-state index in [2.05, 4.69) is 20.8 Å². The molecule has 0 aliphatic carbocycles. The highest BCUT2D eigenvalue weighted by Crippen LogP contribution is 2.28. The Balaban J connectivity index is 2.17. The number of nitrogens with zero attached hydrogens (tertiary/aromatic N) is 2. The van der Waals surface area contributed by atoms with Crippen LogP contribution in [0.5, 0.6) is 0 Å². The number of benzene rings is 1. The van der Waals surface area contributed by atoms with E-state index in [9.17, 15) is 17.2 Å². The van der Waals surface area contributed by atoms with Crippen molar-refractivity contribution in [2.75, 3.05) is 33.2 Å². The minimum atomic E-state index is -3.99. The van der Waals surface area contributed by atoms with Crippen LogP contribution in [-0.2, 0) is 10.0 Å². The van der Waals surface area contributed by atoms with E-state index in [1.807, 2.05) is 0 Å². The van der Waals surface area contributed by atoms with Gasteiger partial charge in [0.2, 0.25) is 10.0 Å². The first-order chi connectivity index (χ1) is 9.82. The van der Waals surface area contributed by atoms with Crippen LogP contribution in [0.4, 0.5) is 8.78 Å². The van der Waals surface area contributed by atoms with Crippen LogP contribution in [0.1, 0.15) is 12.8 Å². The lowest BCUT2D eigenvalue weighted by molar-refractivity contribution is 0.309. The van der Waals surface area contributed by atoms with Crippen molar-refractivity contribution in [3.05, 3.63) is 28.2 Å². The van der Waals surface area contributed by atoms with Gasteiger partial charge < -0.3 is 4.90 Å². The van der Waals surface area contributed by atoms with Gasteiger partial charge in [0.05, 0.1) is 0 Å². The summed E-state index contributed by atoms with van der Waals surface area (Å²) in [6, 6.07) is 1.52. The molecule has 0 aromatic heterocycles. The van der Waals surface area contributed by atoms with E-state index < -0.39 is 26.6 Å². The minimum absolute atomic E-state index is 0.104. The van der Waals surface area contributed by atoms with Gasteiger partial charge in [-0.1, -0.05) is 0 Å². The van der Waals surface area contributed by atoms with Gasteiger partial charge in [-0.25, -0.2) is 17.2 Å². The molecule has 0 saturated carbocycles. The molecule has 0 radical (unpaired) electrons. The molecule has 0 spiro atoms. The Morgan fingerprint density at radius 3 is 2.48 bits per heavy atom. The third-order valence-electron chi connectivity index (χ3n) is 3.56. The van der Waals surface area contributed by atoms with Crippen molar-refractivity contribution in [2.24, 2.45) is 0 Å². The number of sulfonamides is 1. The molecule has 0 atom stereocenters. The summed E-state index contributed by atoms with van der Waals surface area (Å²) in [5, 5.41) is 0. The van der Waals surface area contributed by atoms with Crippen LogP contribution in [-0.4, -0.2) is 50.8 Å². The number of likely N-dealkylation sites (N-methyl/N-ethyl adjacent to an activating group) is 1. The van der Waals surface area contributed by atoms with Crippen LogP contribution in [0.25, 0.3) is 0 Å². The molecule has 1 saturated heterocycles. The molecule has 1 aromatic carbocycles. The topological polar surface area (TPSA) is 40.6 Å². The van der Waals surface area contributed by atoms with Crippen LogP contribution in [0, 0.1) is 11.6 Å². The lowest BCUT2D eigenvalue weighted by Gasteiger charge is -2.22. The summed E-state index contributed by atoms with van der Waals surface area (Å²) >= 11 is 2.92. The molecule has 118 valence electrons. The maximum absolute atomic E-state index is 13.8. The molecule has 1 aliphatic heterocycles. The highest BCUT2D eigenvalue weighted by molar-refractivity contribution is 9.10. The van der Waals surface area contributed by atoms with Gasteiger partial charge >= 0.3 is 0 Å². The largest absolute Gasteiger partial charge is 0.302 e. The van der Waals surface area contributed by atoms with Crippen LogP contribution in [0.3, 0.4) is 0 Å². The van der Waals surface area contributed by atoms with E-state index >= 15 is 0 Å². The van der Waals surface area contributed by atoms with Crippen molar-refractivity contribution < 1.29 is 17.2 Å². The smallest absolute Gasteiger partial charge is 0.246 e. The molecule has 1 fully saturated rings. The Morgan fingerprint density at radius 1 is 1.29 bits per heavy atom. The van der Waals surface area contributed by atoms with E-state index in [-0.39, 0.29) is 11.0 Å². The van der Waals surface area contributed by atoms with Crippen molar-refractivity contribution in [3.8, 4) is 0 Å². The fourth-order valence-electron chi connectivity index (χ4n) is 2.34. The average molecular weight is 383 g/mol. The maximum Gasteiger partial charge on any atom is 0.246 e. The summed E-state index contributed by atoms with van der Waals surface area (Å²) in [6.07, 6.45) is 2.24. The minimum Gasteiger partial charge on any atom is -0.302 e. The van der Waals surface area contributed by atoms with Gasteiger partial charge in [-0.05, 0) is 47.9 Å². The Morgan fingerprint density at radius 2 is 1.90 bits per heavy atom. The van der Waals surface area contributed by atoms with Crippen LogP contribution >= 0.6 is 15.9 Å². The number of hydrogen-bond donors (Lipinski definition) is 0.